The molecule has 1 amide bonds. The number of hydrogen-bond donors (Lipinski definition) is 6. The predicted molar refractivity (Wildman–Crippen MR) is 93.0 cm³/mol. The first-order valence-electron chi connectivity index (χ1n) is 9.47. The van der Waals surface area contributed by atoms with Crippen LogP contribution in [0.4, 0.5) is 0 Å². The maximum Gasteiger partial charge on any atom is 0.240 e. The van der Waals surface area contributed by atoms with Gasteiger partial charge < -0.3 is 25.5 Å². The van der Waals surface area contributed by atoms with E-state index in [1.165, 1.54) is 19.3 Å². The SMILES string of the molecule is O=C(CC12CC3CC(CC(C3)C1)C2)NN=CC(O)C(O)C(O)C(O)CO. The summed E-state index contributed by atoms with van der Waals surface area (Å²) < 4.78 is 0. The molecule has 148 valence electrons. The quantitative estimate of drug-likeness (QED) is 0.242. The van der Waals surface area contributed by atoms with Crippen molar-refractivity contribution in [3.8, 4) is 0 Å². The monoisotopic (exact) mass is 370 g/mol. The number of nitrogens with zero attached hydrogens (tertiary/aromatic N) is 1. The highest BCUT2D eigenvalue weighted by atomic mass is 16.4. The van der Waals surface area contributed by atoms with E-state index in [2.05, 4.69) is 10.5 Å². The van der Waals surface area contributed by atoms with E-state index in [1.54, 1.807) is 0 Å². The first-order chi connectivity index (χ1) is 12.3. The lowest BCUT2D eigenvalue weighted by molar-refractivity contribution is -0.129. The van der Waals surface area contributed by atoms with Gasteiger partial charge in [-0.05, 0) is 61.7 Å². The minimum atomic E-state index is -1.72. The summed E-state index contributed by atoms with van der Waals surface area (Å²) in [5.74, 6) is 2.07. The highest BCUT2D eigenvalue weighted by Gasteiger charge is 2.51. The third-order valence-corrected chi connectivity index (χ3v) is 6.40. The molecule has 0 aliphatic heterocycles. The van der Waals surface area contributed by atoms with Crippen molar-refractivity contribution < 1.29 is 30.3 Å². The van der Waals surface area contributed by atoms with Gasteiger partial charge in [0, 0.05) is 6.42 Å². The van der Waals surface area contributed by atoms with Crippen LogP contribution in [-0.4, -0.2) is 68.7 Å². The van der Waals surface area contributed by atoms with Crippen molar-refractivity contribution in [2.45, 2.75) is 69.4 Å². The molecule has 4 rings (SSSR count). The lowest BCUT2D eigenvalue weighted by atomic mass is 9.49. The molecule has 4 saturated carbocycles. The molecule has 0 aromatic heterocycles. The topological polar surface area (TPSA) is 143 Å². The number of rotatable bonds is 8. The lowest BCUT2D eigenvalue weighted by Gasteiger charge is -2.56. The number of hydrazone groups is 1. The van der Waals surface area contributed by atoms with Gasteiger partial charge in [-0.1, -0.05) is 0 Å². The van der Waals surface area contributed by atoms with Gasteiger partial charge in [-0.15, -0.1) is 0 Å². The van der Waals surface area contributed by atoms with E-state index < -0.39 is 31.0 Å². The smallest absolute Gasteiger partial charge is 0.240 e. The van der Waals surface area contributed by atoms with E-state index in [1.807, 2.05) is 0 Å². The van der Waals surface area contributed by atoms with Gasteiger partial charge in [0.2, 0.25) is 5.91 Å². The van der Waals surface area contributed by atoms with E-state index >= 15 is 0 Å². The maximum atomic E-state index is 12.3. The van der Waals surface area contributed by atoms with E-state index in [4.69, 9.17) is 5.11 Å². The maximum absolute atomic E-state index is 12.3. The van der Waals surface area contributed by atoms with Crippen molar-refractivity contribution >= 4 is 12.1 Å². The van der Waals surface area contributed by atoms with Crippen molar-refractivity contribution in [1.29, 1.82) is 0 Å². The zero-order valence-corrected chi connectivity index (χ0v) is 14.9. The van der Waals surface area contributed by atoms with Gasteiger partial charge in [0.1, 0.15) is 24.4 Å². The Labute approximate surface area is 152 Å². The van der Waals surface area contributed by atoms with Gasteiger partial charge in [0.15, 0.2) is 0 Å². The zero-order chi connectivity index (χ0) is 18.9. The lowest BCUT2D eigenvalue weighted by Crippen LogP contribution is -2.48. The molecule has 8 heteroatoms. The summed E-state index contributed by atoms with van der Waals surface area (Å²) in [4.78, 5) is 12.3. The molecule has 0 heterocycles. The Morgan fingerprint density at radius 2 is 1.58 bits per heavy atom. The summed E-state index contributed by atoms with van der Waals surface area (Å²) in [5.41, 5.74) is 2.48. The third kappa shape index (κ3) is 4.26. The number of aliphatic hydroxyl groups excluding tert-OH is 5. The molecule has 0 spiro atoms. The van der Waals surface area contributed by atoms with Crippen LogP contribution in [0.25, 0.3) is 0 Å². The van der Waals surface area contributed by atoms with Gasteiger partial charge in [-0.3, -0.25) is 4.79 Å². The fraction of sp³-hybridized carbons (Fsp3) is 0.889. The summed E-state index contributed by atoms with van der Waals surface area (Å²) in [5, 5.41) is 50.6. The summed E-state index contributed by atoms with van der Waals surface area (Å²) in [6.45, 7) is -0.746. The Kier molecular flexibility index (Phi) is 5.98. The molecule has 4 unspecified atom stereocenters. The molecular formula is C18H30N2O6. The van der Waals surface area contributed by atoms with E-state index in [0.717, 1.165) is 43.2 Å². The molecule has 8 nitrogen and oxygen atoms in total. The summed E-state index contributed by atoms with van der Waals surface area (Å²) in [6.07, 6.45) is 2.03. The van der Waals surface area contributed by atoms with Crippen LogP contribution >= 0.6 is 0 Å². The molecular weight excluding hydrogens is 340 g/mol. The highest BCUT2D eigenvalue weighted by Crippen LogP contribution is 2.61. The summed E-state index contributed by atoms with van der Waals surface area (Å²) in [6, 6.07) is 0. The first kappa shape index (κ1) is 19.7. The van der Waals surface area contributed by atoms with Crippen molar-refractivity contribution in [2.75, 3.05) is 6.61 Å². The van der Waals surface area contributed by atoms with Crippen LogP contribution in [0.3, 0.4) is 0 Å². The van der Waals surface area contributed by atoms with E-state index in [0.29, 0.717) is 6.42 Å². The Morgan fingerprint density at radius 3 is 2.08 bits per heavy atom. The average molecular weight is 370 g/mol. The van der Waals surface area contributed by atoms with Crippen LogP contribution in [-0.2, 0) is 4.79 Å². The molecule has 26 heavy (non-hydrogen) atoms. The van der Waals surface area contributed by atoms with Crippen molar-refractivity contribution in [1.82, 2.24) is 5.43 Å². The van der Waals surface area contributed by atoms with Gasteiger partial charge in [0.25, 0.3) is 0 Å². The van der Waals surface area contributed by atoms with Gasteiger partial charge in [0.05, 0.1) is 12.8 Å². The predicted octanol–water partition coefficient (Wildman–Crippen LogP) is -0.869. The Morgan fingerprint density at radius 1 is 1.04 bits per heavy atom. The molecule has 4 atom stereocenters. The average Bonchev–Trinajstić information content (AvgIpc) is 2.57. The number of amides is 1. The van der Waals surface area contributed by atoms with Gasteiger partial charge in [-0.2, -0.15) is 5.10 Å². The Balaban J connectivity index is 1.47. The zero-order valence-electron chi connectivity index (χ0n) is 14.9. The first-order valence-corrected chi connectivity index (χ1v) is 9.47. The molecule has 4 bridgehead atoms. The second-order valence-corrected chi connectivity index (χ2v) is 8.63. The fourth-order valence-electron chi connectivity index (χ4n) is 5.70. The van der Waals surface area contributed by atoms with Gasteiger partial charge >= 0.3 is 0 Å². The molecule has 6 N–H and O–H groups in total. The number of carbonyl (C=O) groups excluding carboxylic acids is 1. The molecule has 4 fully saturated rings. The van der Waals surface area contributed by atoms with E-state index in [9.17, 15) is 25.2 Å². The molecule has 4 aliphatic rings. The largest absolute Gasteiger partial charge is 0.394 e. The van der Waals surface area contributed by atoms with Crippen LogP contribution in [0, 0.1) is 23.2 Å². The van der Waals surface area contributed by atoms with Crippen molar-refractivity contribution in [2.24, 2.45) is 28.3 Å². The van der Waals surface area contributed by atoms with E-state index in [-0.39, 0.29) is 11.3 Å². The van der Waals surface area contributed by atoms with Crippen molar-refractivity contribution in [3.05, 3.63) is 0 Å². The van der Waals surface area contributed by atoms with Gasteiger partial charge in [-0.25, -0.2) is 5.43 Å². The Bertz CT molecular complexity index is 504. The molecule has 0 saturated heterocycles. The van der Waals surface area contributed by atoms with Crippen LogP contribution in [0.15, 0.2) is 5.10 Å². The normalized spacial score (nSPS) is 37.5. The third-order valence-electron chi connectivity index (χ3n) is 6.40. The molecule has 4 aliphatic carbocycles. The standard InChI is InChI=1S/C18H30N2O6/c21-9-14(23)17(26)16(25)13(22)8-19-20-15(24)7-18-4-10-1-11(5-18)3-12(2-10)6-18/h8,10-14,16-17,21-23,25-26H,1-7,9H2,(H,20,24). The summed E-state index contributed by atoms with van der Waals surface area (Å²) in [7, 11) is 0. The second kappa shape index (κ2) is 7.90. The number of nitrogens with one attached hydrogen (secondary N) is 1. The number of carbonyl (C=O) groups is 1. The minimum absolute atomic E-state index is 0.0912. The molecule has 0 radical (unpaired) electrons. The van der Waals surface area contributed by atoms with Crippen molar-refractivity contribution in [3.63, 3.8) is 0 Å². The molecule has 0 aromatic rings. The number of hydrogen-bond acceptors (Lipinski definition) is 7. The Hall–Kier alpha value is -1.06. The van der Waals surface area contributed by atoms with Crippen LogP contribution < -0.4 is 5.43 Å². The fourth-order valence-corrected chi connectivity index (χ4v) is 5.70. The summed E-state index contributed by atoms with van der Waals surface area (Å²) >= 11 is 0. The van der Waals surface area contributed by atoms with Crippen LogP contribution in [0.2, 0.25) is 0 Å². The minimum Gasteiger partial charge on any atom is -0.394 e. The highest BCUT2D eigenvalue weighted by molar-refractivity contribution is 5.78. The van der Waals surface area contributed by atoms with Crippen LogP contribution in [0.1, 0.15) is 44.9 Å². The molecule has 0 aromatic carbocycles. The second-order valence-electron chi connectivity index (χ2n) is 8.63. The van der Waals surface area contributed by atoms with Crippen LogP contribution in [0.5, 0.6) is 0 Å². The number of aliphatic hydroxyl groups is 5.